The number of nitrogen functional groups attached to an aromatic ring is 1. The maximum Gasteiger partial charge on any atom is 0.303 e. The molecular formula is C23H27ClN4O3. The predicted molar refractivity (Wildman–Crippen MR) is 120 cm³/mol. The highest BCUT2D eigenvalue weighted by Crippen LogP contribution is 2.42. The number of aliphatic carboxylic acids is 1. The van der Waals surface area contributed by atoms with E-state index in [0.717, 1.165) is 42.5 Å². The zero-order chi connectivity index (χ0) is 22.3. The highest BCUT2D eigenvalue weighted by Gasteiger charge is 2.36. The van der Waals surface area contributed by atoms with Crippen LogP contribution in [0.2, 0.25) is 5.02 Å². The second kappa shape index (κ2) is 8.11. The van der Waals surface area contributed by atoms with E-state index in [0.29, 0.717) is 28.3 Å². The van der Waals surface area contributed by atoms with Crippen molar-refractivity contribution in [2.75, 3.05) is 5.73 Å². The number of aromatic nitrogens is 2. The molecule has 0 spiro atoms. The Morgan fingerprint density at radius 2 is 1.97 bits per heavy atom. The minimum Gasteiger partial charge on any atom is -0.481 e. The average molecular weight is 443 g/mol. The van der Waals surface area contributed by atoms with Crippen LogP contribution in [0.5, 0.6) is 5.88 Å². The lowest BCUT2D eigenvalue weighted by molar-refractivity contribution is -0.138. The van der Waals surface area contributed by atoms with Crippen molar-refractivity contribution in [3.8, 4) is 5.88 Å². The van der Waals surface area contributed by atoms with Gasteiger partial charge in [0, 0.05) is 17.0 Å². The van der Waals surface area contributed by atoms with Crippen LogP contribution < -0.4 is 10.5 Å². The zero-order valence-electron chi connectivity index (χ0n) is 18.0. The minimum absolute atomic E-state index is 0.252. The van der Waals surface area contributed by atoms with Crippen molar-refractivity contribution in [2.24, 2.45) is 10.9 Å². The summed E-state index contributed by atoms with van der Waals surface area (Å²) in [5.74, 6) is 1.11. The first-order valence-electron chi connectivity index (χ1n) is 10.6. The molecule has 1 aliphatic heterocycles. The van der Waals surface area contributed by atoms with Gasteiger partial charge in [0.05, 0.1) is 5.71 Å². The van der Waals surface area contributed by atoms with Crippen LogP contribution in [0, 0.1) is 12.8 Å². The number of hydrogen-bond acceptors (Lipinski definition) is 6. The van der Waals surface area contributed by atoms with Gasteiger partial charge in [-0.25, -0.2) is 9.98 Å². The molecule has 31 heavy (non-hydrogen) atoms. The normalized spacial score (nSPS) is 22.3. The molecule has 1 saturated carbocycles. The van der Waals surface area contributed by atoms with Gasteiger partial charge >= 0.3 is 5.97 Å². The van der Waals surface area contributed by atoms with Gasteiger partial charge in [0.1, 0.15) is 11.4 Å². The van der Waals surface area contributed by atoms with Crippen molar-refractivity contribution in [3.63, 3.8) is 0 Å². The van der Waals surface area contributed by atoms with Crippen LogP contribution >= 0.6 is 11.6 Å². The number of rotatable bonds is 4. The molecule has 0 atom stereocenters. The van der Waals surface area contributed by atoms with Crippen molar-refractivity contribution in [1.82, 2.24) is 9.97 Å². The summed E-state index contributed by atoms with van der Waals surface area (Å²) in [6.07, 6.45) is 3.98. The summed E-state index contributed by atoms with van der Waals surface area (Å²) >= 11 is 6.71. The van der Waals surface area contributed by atoms with Crippen LogP contribution in [-0.2, 0) is 4.79 Å². The van der Waals surface area contributed by atoms with Gasteiger partial charge < -0.3 is 15.6 Å². The number of ether oxygens (including phenoxy) is 1. The fourth-order valence-electron chi connectivity index (χ4n) is 4.62. The lowest BCUT2D eigenvalue weighted by atomic mass is 9.77. The van der Waals surface area contributed by atoms with Crippen molar-refractivity contribution < 1.29 is 14.6 Å². The number of carbonyl (C=O) groups is 1. The topological polar surface area (TPSA) is 111 Å². The van der Waals surface area contributed by atoms with Crippen LogP contribution in [0.25, 0.3) is 0 Å². The van der Waals surface area contributed by atoms with Gasteiger partial charge in [-0.05, 0) is 69.9 Å². The van der Waals surface area contributed by atoms with Crippen LogP contribution in [0.4, 0.5) is 11.5 Å². The van der Waals surface area contributed by atoms with Gasteiger partial charge in [-0.1, -0.05) is 23.7 Å². The number of aliphatic imine (C=N–C) groups is 1. The monoisotopic (exact) mass is 442 g/mol. The standard InChI is InChI=1S/C23H27ClN4O3/c1-12-26-21(25)19-22(27-12)31-23(2,3)20(28-19)15-8-9-16(17(24)11-15)14-6-4-13(5-7-14)10-18(29)30/h8-9,11,13-14H,4-7,10H2,1-3H3,(H,29,30)(H2,25,26,27). The van der Waals surface area contributed by atoms with Crippen LogP contribution in [0.3, 0.4) is 0 Å². The Morgan fingerprint density at radius 1 is 1.26 bits per heavy atom. The Kier molecular flexibility index (Phi) is 5.64. The number of halogens is 1. The molecule has 2 heterocycles. The molecule has 1 aromatic heterocycles. The predicted octanol–water partition coefficient (Wildman–Crippen LogP) is 5.06. The number of carboxylic acids is 1. The van der Waals surface area contributed by atoms with Crippen molar-refractivity contribution in [3.05, 3.63) is 40.2 Å². The third-order valence-electron chi connectivity index (χ3n) is 6.16. The molecule has 0 unspecified atom stereocenters. The third kappa shape index (κ3) is 4.37. The van der Waals surface area contributed by atoms with Crippen molar-refractivity contribution >= 4 is 34.8 Å². The fraction of sp³-hybridized carbons (Fsp3) is 0.478. The second-order valence-electron chi connectivity index (χ2n) is 8.93. The van der Waals surface area contributed by atoms with Gasteiger partial charge in [-0.3, -0.25) is 4.79 Å². The molecule has 2 aromatic rings. The second-order valence-corrected chi connectivity index (χ2v) is 9.34. The number of nitrogens with zero attached hydrogens (tertiary/aromatic N) is 3. The van der Waals surface area contributed by atoms with Crippen LogP contribution in [-0.4, -0.2) is 32.4 Å². The summed E-state index contributed by atoms with van der Waals surface area (Å²) in [5.41, 5.74) is 8.49. The quantitative estimate of drug-likeness (QED) is 0.684. The summed E-state index contributed by atoms with van der Waals surface area (Å²) in [6, 6.07) is 6.01. The molecule has 1 aromatic carbocycles. The fourth-order valence-corrected chi connectivity index (χ4v) is 4.95. The number of fused-ring (bicyclic) bond motifs is 1. The molecule has 0 saturated heterocycles. The van der Waals surface area contributed by atoms with Crippen molar-refractivity contribution in [1.29, 1.82) is 0 Å². The summed E-state index contributed by atoms with van der Waals surface area (Å²) in [5, 5.41) is 9.71. The molecule has 1 fully saturated rings. The lowest BCUT2D eigenvalue weighted by Crippen LogP contribution is -2.41. The maximum atomic E-state index is 11.0. The average Bonchev–Trinajstić information content (AvgIpc) is 2.67. The smallest absolute Gasteiger partial charge is 0.303 e. The van der Waals surface area contributed by atoms with E-state index in [4.69, 9.17) is 32.2 Å². The molecule has 3 N–H and O–H groups in total. The van der Waals surface area contributed by atoms with E-state index in [2.05, 4.69) is 16.0 Å². The number of benzene rings is 1. The summed E-state index contributed by atoms with van der Waals surface area (Å²) in [6.45, 7) is 5.64. The van der Waals surface area contributed by atoms with E-state index in [1.54, 1.807) is 6.92 Å². The molecule has 0 radical (unpaired) electrons. The number of nitrogens with two attached hydrogens (primary N) is 1. The number of aryl methyl sites for hydroxylation is 1. The molecule has 1 aliphatic carbocycles. The first kappa shape index (κ1) is 21.6. The minimum atomic E-state index is -0.716. The first-order valence-corrected chi connectivity index (χ1v) is 11.0. The zero-order valence-corrected chi connectivity index (χ0v) is 18.7. The van der Waals surface area contributed by atoms with Crippen LogP contribution in [0.15, 0.2) is 23.2 Å². The first-order chi connectivity index (χ1) is 14.6. The Hall–Kier alpha value is -2.67. The Morgan fingerprint density at radius 3 is 2.61 bits per heavy atom. The Labute approximate surface area is 186 Å². The van der Waals surface area contributed by atoms with E-state index in [1.807, 2.05) is 26.0 Å². The van der Waals surface area contributed by atoms with E-state index < -0.39 is 11.6 Å². The van der Waals surface area contributed by atoms with Crippen LogP contribution in [0.1, 0.15) is 68.8 Å². The molecular weight excluding hydrogens is 416 g/mol. The largest absolute Gasteiger partial charge is 0.481 e. The number of carboxylic acid groups (broad SMARTS) is 1. The SMILES string of the molecule is Cc1nc(N)c2c(n1)OC(C)(C)C(c1ccc(C3CCC(CC(=O)O)CC3)c(Cl)c1)=N2. The lowest BCUT2D eigenvalue weighted by Gasteiger charge is -2.33. The summed E-state index contributed by atoms with van der Waals surface area (Å²) in [7, 11) is 0. The molecule has 164 valence electrons. The maximum absolute atomic E-state index is 11.0. The Bertz CT molecular complexity index is 1060. The molecule has 7 nitrogen and oxygen atoms in total. The van der Waals surface area contributed by atoms with Gasteiger partial charge in [0.25, 0.3) is 0 Å². The van der Waals surface area contributed by atoms with Gasteiger partial charge in [-0.2, -0.15) is 4.98 Å². The van der Waals surface area contributed by atoms with E-state index in [-0.39, 0.29) is 18.2 Å². The number of anilines is 1. The molecule has 4 rings (SSSR count). The third-order valence-corrected chi connectivity index (χ3v) is 6.49. The molecule has 0 amide bonds. The van der Waals surface area contributed by atoms with Gasteiger partial charge in [0.2, 0.25) is 5.88 Å². The molecule has 8 heteroatoms. The summed E-state index contributed by atoms with van der Waals surface area (Å²) < 4.78 is 6.12. The van der Waals surface area contributed by atoms with Gasteiger partial charge in [0.15, 0.2) is 11.5 Å². The Balaban J connectivity index is 1.60. The number of hydrogen-bond donors (Lipinski definition) is 2. The highest BCUT2D eigenvalue weighted by molar-refractivity contribution is 6.32. The van der Waals surface area contributed by atoms with Gasteiger partial charge in [-0.15, -0.1) is 0 Å². The van der Waals surface area contributed by atoms with Crippen molar-refractivity contribution in [2.45, 2.75) is 64.4 Å². The van der Waals surface area contributed by atoms with E-state index in [1.165, 1.54) is 0 Å². The molecule has 0 bridgehead atoms. The highest BCUT2D eigenvalue weighted by atomic mass is 35.5. The molecule has 2 aliphatic rings. The van der Waals surface area contributed by atoms with E-state index in [9.17, 15) is 4.79 Å². The summed E-state index contributed by atoms with van der Waals surface area (Å²) in [4.78, 5) is 24.3. The van der Waals surface area contributed by atoms with E-state index >= 15 is 0 Å².